The zero-order chi connectivity index (χ0) is 15.3. The van der Waals surface area contributed by atoms with Crippen LogP contribution in [0.1, 0.15) is 19.4 Å². The lowest BCUT2D eigenvalue weighted by Gasteiger charge is -2.17. The van der Waals surface area contributed by atoms with Crippen LogP contribution in [0.3, 0.4) is 0 Å². The number of H-pyrrole nitrogens is 1. The predicted octanol–water partition coefficient (Wildman–Crippen LogP) is 1.98. The Morgan fingerprint density at radius 3 is 2.71 bits per heavy atom. The van der Waals surface area contributed by atoms with Gasteiger partial charge in [0, 0.05) is 18.3 Å². The van der Waals surface area contributed by atoms with Crippen LogP contribution in [-0.2, 0) is 20.2 Å². The molecule has 116 valence electrons. The predicted molar refractivity (Wildman–Crippen MR) is 78.1 cm³/mol. The van der Waals surface area contributed by atoms with Crippen molar-refractivity contribution >= 4 is 18.6 Å². The molecule has 8 nitrogen and oxygen atoms in total. The van der Waals surface area contributed by atoms with Gasteiger partial charge in [-0.1, -0.05) is 0 Å². The van der Waals surface area contributed by atoms with Crippen LogP contribution in [0, 0.1) is 0 Å². The van der Waals surface area contributed by atoms with Gasteiger partial charge >= 0.3 is 7.60 Å². The van der Waals surface area contributed by atoms with Crippen molar-refractivity contribution in [1.82, 2.24) is 20.3 Å². The van der Waals surface area contributed by atoms with Gasteiger partial charge in [0.25, 0.3) is 0 Å². The molecule has 3 N–H and O–H groups in total. The van der Waals surface area contributed by atoms with E-state index in [2.05, 4.69) is 20.3 Å². The first-order chi connectivity index (χ1) is 10.1. The van der Waals surface area contributed by atoms with Crippen LogP contribution < -0.4 is 5.32 Å². The molecule has 0 aliphatic rings. The van der Waals surface area contributed by atoms with Gasteiger partial charge in [-0.05, 0) is 13.8 Å². The lowest BCUT2D eigenvalue weighted by molar-refractivity contribution is 0.218. The third kappa shape index (κ3) is 3.79. The summed E-state index contributed by atoms with van der Waals surface area (Å²) in [5.41, 5.74) is 1.94. The van der Waals surface area contributed by atoms with Crippen LogP contribution >= 0.6 is 7.60 Å². The summed E-state index contributed by atoms with van der Waals surface area (Å²) in [5.74, 6) is -0.0967. The van der Waals surface area contributed by atoms with Crippen molar-refractivity contribution in [3.8, 4) is 5.88 Å². The van der Waals surface area contributed by atoms with E-state index in [4.69, 9.17) is 9.05 Å². The second-order valence-electron chi connectivity index (χ2n) is 4.27. The molecule has 0 atom stereocenters. The van der Waals surface area contributed by atoms with E-state index in [1.807, 2.05) is 0 Å². The first kappa shape index (κ1) is 15.9. The fourth-order valence-corrected chi connectivity index (χ4v) is 3.39. The molecule has 0 aliphatic carbocycles. The maximum Gasteiger partial charge on any atom is 0.344 e. The smallest absolute Gasteiger partial charge is 0.344 e. The van der Waals surface area contributed by atoms with Gasteiger partial charge in [0.1, 0.15) is 11.8 Å². The quantitative estimate of drug-likeness (QED) is 0.639. The van der Waals surface area contributed by atoms with Crippen molar-refractivity contribution in [3.05, 3.63) is 18.1 Å². The lowest BCUT2D eigenvalue weighted by atomic mass is 10.3. The van der Waals surface area contributed by atoms with Crippen molar-refractivity contribution in [2.45, 2.75) is 20.4 Å². The highest BCUT2D eigenvalue weighted by Gasteiger charge is 2.23. The van der Waals surface area contributed by atoms with E-state index < -0.39 is 7.60 Å². The zero-order valence-corrected chi connectivity index (χ0v) is 12.9. The number of fused-ring (bicyclic) bond motifs is 1. The fourth-order valence-electron chi connectivity index (χ4n) is 1.96. The molecule has 0 bridgehead atoms. The van der Waals surface area contributed by atoms with Crippen LogP contribution in [0.5, 0.6) is 5.88 Å². The van der Waals surface area contributed by atoms with Crippen LogP contribution in [0.25, 0.3) is 11.0 Å². The first-order valence-electron chi connectivity index (χ1n) is 6.68. The highest BCUT2D eigenvalue weighted by Crippen LogP contribution is 2.46. The van der Waals surface area contributed by atoms with E-state index in [0.29, 0.717) is 30.8 Å². The number of hydrogen-bond acceptors (Lipinski definition) is 7. The number of nitrogens with zero attached hydrogens (tertiary/aromatic N) is 2. The minimum atomic E-state index is -3.11. The molecule has 2 aromatic rings. The minimum absolute atomic E-state index is 0.0967. The number of nitrogens with one attached hydrogen (secondary N) is 2. The van der Waals surface area contributed by atoms with E-state index in [0.717, 1.165) is 5.56 Å². The maximum atomic E-state index is 12.3. The summed E-state index contributed by atoms with van der Waals surface area (Å²) < 4.78 is 22.7. The molecule has 0 aliphatic heterocycles. The van der Waals surface area contributed by atoms with Crippen molar-refractivity contribution in [1.29, 1.82) is 0 Å². The summed E-state index contributed by atoms with van der Waals surface area (Å²) in [6.45, 7) is 4.61. The highest BCUT2D eigenvalue weighted by atomic mass is 31.2. The van der Waals surface area contributed by atoms with Crippen LogP contribution in [0.2, 0.25) is 0 Å². The summed E-state index contributed by atoms with van der Waals surface area (Å²) >= 11 is 0. The number of rotatable bonds is 8. The molecule has 0 radical (unpaired) electrons. The van der Waals surface area contributed by atoms with E-state index in [1.165, 1.54) is 6.33 Å². The Morgan fingerprint density at radius 1 is 1.33 bits per heavy atom. The second-order valence-corrected chi connectivity index (χ2v) is 6.32. The number of aromatic nitrogens is 3. The second kappa shape index (κ2) is 7.00. The molecule has 0 saturated carbocycles. The Kier molecular flexibility index (Phi) is 5.30. The molecule has 0 unspecified atom stereocenters. The normalized spacial score (nSPS) is 12.1. The summed E-state index contributed by atoms with van der Waals surface area (Å²) in [4.78, 5) is 10.7. The molecule has 2 rings (SSSR count). The van der Waals surface area contributed by atoms with E-state index >= 15 is 0 Å². The average Bonchev–Trinajstić information content (AvgIpc) is 2.84. The molecule has 0 fully saturated rings. The SMILES string of the molecule is CCOP(=O)(CNCc1c[nH]c2c(O)ncnc12)OCC. The summed E-state index contributed by atoms with van der Waals surface area (Å²) in [6.07, 6.45) is 3.12. The molecular formula is C12H19N4O4P. The lowest BCUT2D eigenvalue weighted by Crippen LogP contribution is -2.17. The Labute approximate surface area is 122 Å². The van der Waals surface area contributed by atoms with Gasteiger partial charge < -0.3 is 24.5 Å². The van der Waals surface area contributed by atoms with Gasteiger partial charge in [-0.2, -0.15) is 0 Å². The van der Waals surface area contributed by atoms with Gasteiger partial charge in [-0.3, -0.25) is 4.57 Å². The zero-order valence-electron chi connectivity index (χ0n) is 12.0. The fraction of sp³-hybridized carbons (Fsp3) is 0.500. The van der Waals surface area contributed by atoms with E-state index in [1.54, 1.807) is 20.0 Å². The Balaban J connectivity index is 2.02. The third-order valence-corrected chi connectivity index (χ3v) is 4.71. The van der Waals surface area contributed by atoms with Crippen molar-refractivity contribution < 1.29 is 18.7 Å². The third-order valence-electron chi connectivity index (χ3n) is 2.79. The van der Waals surface area contributed by atoms with Crippen molar-refractivity contribution in [2.24, 2.45) is 0 Å². The average molecular weight is 314 g/mol. The monoisotopic (exact) mass is 314 g/mol. The van der Waals surface area contributed by atoms with Crippen LogP contribution in [0.4, 0.5) is 0 Å². The van der Waals surface area contributed by atoms with E-state index in [9.17, 15) is 9.67 Å². The number of hydrogen-bond donors (Lipinski definition) is 3. The Morgan fingerprint density at radius 2 is 2.05 bits per heavy atom. The largest absolute Gasteiger partial charge is 0.492 e. The molecular weight excluding hydrogens is 295 g/mol. The molecule has 0 amide bonds. The molecule has 2 heterocycles. The molecule has 0 spiro atoms. The van der Waals surface area contributed by atoms with Gasteiger partial charge in [0.05, 0.1) is 25.0 Å². The molecule has 0 aromatic carbocycles. The van der Waals surface area contributed by atoms with E-state index in [-0.39, 0.29) is 12.2 Å². The van der Waals surface area contributed by atoms with Gasteiger partial charge in [-0.25, -0.2) is 9.97 Å². The molecule has 21 heavy (non-hydrogen) atoms. The first-order valence-corrected chi connectivity index (χ1v) is 8.41. The maximum absolute atomic E-state index is 12.3. The Hall–Kier alpha value is -1.47. The summed E-state index contributed by atoms with van der Waals surface area (Å²) in [7, 11) is -3.11. The van der Waals surface area contributed by atoms with Gasteiger partial charge in [0.15, 0.2) is 0 Å². The molecule has 0 saturated heterocycles. The Bertz CT molecular complexity index is 635. The van der Waals surface area contributed by atoms with Gasteiger partial charge in [-0.15, -0.1) is 0 Å². The number of aromatic hydroxyl groups is 1. The highest BCUT2D eigenvalue weighted by molar-refractivity contribution is 7.53. The topological polar surface area (TPSA) is 109 Å². The van der Waals surface area contributed by atoms with Crippen LogP contribution in [-0.4, -0.2) is 39.6 Å². The minimum Gasteiger partial charge on any atom is -0.492 e. The summed E-state index contributed by atoms with van der Waals surface area (Å²) in [6, 6.07) is 0. The number of aromatic amines is 1. The van der Waals surface area contributed by atoms with Crippen molar-refractivity contribution in [2.75, 3.05) is 19.5 Å². The molecule has 2 aromatic heterocycles. The van der Waals surface area contributed by atoms with Crippen molar-refractivity contribution in [3.63, 3.8) is 0 Å². The van der Waals surface area contributed by atoms with Crippen LogP contribution in [0.15, 0.2) is 12.5 Å². The summed E-state index contributed by atoms with van der Waals surface area (Å²) in [5, 5.41) is 12.6. The van der Waals surface area contributed by atoms with Gasteiger partial charge in [0.2, 0.25) is 5.88 Å². The standard InChI is InChI=1S/C12H19N4O4P/c1-3-19-21(18,20-4-2)8-13-5-9-6-14-11-10(9)15-7-16-12(11)17/h6-7,13-14H,3-5,8H2,1-2H3,(H,15,16,17). The molecule has 9 heteroatoms.